The average Bonchev–Trinajstić information content (AvgIpc) is 2.89. The van der Waals surface area contributed by atoms with Crippen LogP contribution in [0.4, 0.5) is 19.1 Å². The smallest absolute Gasteiger partial charge is 0.405 e. The number of alkyl halides is 3. The zero-order chi connectivity index (χ0) is 19.3. The number of nitrogens with zero attached hydrogens (tertiary/aromatic N) is 5. The molecule has 0 saturated carbocycles. The van der Waals surface area contributed by atoms with Gasteiger partial charge in [0.25, 0.3) is 10.9 Å². The molecule has 0 fully saturated rings. The van der Waals surface area contributed by atoms with Gasteiger partial charge in [-0.25, -0.2) is 8.42 Å². The van der Waals surface area contributed by atoms with Crippen molar-refractivity contribution in [1.29, 1.82) is 0 Å². The van der Waals surface area contributed by atoms with Crippen molar-refractivity contribution in [3.05, 3.63) is 22.7 Å². The summed E-state index contributed by atoms with van der Waals surface area (Å²) in [7, 11) is -3.77. The minimum atomic E-state index is -4.93. The Morgan fingerprint density at radius 3 is 2.54 bits per heavy atom. The molecule has 9 nitrogen and oxygen atoms in total. The van der Waals surface area contributed by atoms with Crippen LogP contribution in [0.15, 0.2) is 27.8 Å². The summed E-state index contributed by atoms with van der Waals surface area (Å²) in [6.07, 6.45) is -4.06. The van der Waals surface area contributed by atoms with Gasteiger partial charge in [0.05, 0.1) is 5.56 Å². The molecule has 14 heteroatoms. The lowest BCUT2D eigenvalue weighted by molar-refractivity contribution is -0.274. The van der Waals surface area contributed by atoms with Crippen molar-refractivity contribution in [1.82, 2.24) is 24.6 Å². The Morgan fingerprint density at radius 1 is 1.23 bits per heavy atom. The largest absolute Gasteiger partial charge is 0.573 e. The van der Waals surface area contributed by atoms with Crippen molar-refractivity contribution in [2.24, 2.45) is 0 Å². The fourth-order valence-corrected chi connectivity index (χ4v) is 2.80. The minimum absolute atomic E-state index is 0.101. The number of aromatic nitrogens is 5. The summed E-state index contributed by atoms with van der Waals surface area (Å²) < 4.78 is 66.3. The van der Waals surface area contributed by atoms with Crippen LogP contribution in [0.5, 0.6) is 5.75 Å². The highest BCUT2D eigenvalue weighted by atomic mass is 79.9. The maximum atomic E-state index is 12.6. The fraction of sp³-hybridized carbons (Fsp3) is 0.167. The number of rotatable bonds is 3. The molecule has 2 N–H and O–H groups in total. The molecule has 26 heavy (non-hydrogen) atoms. The van der Waals surface area contributed by atoms with Gasteiger partial charge in [0.15, 0.2) is 5.82 Å². The lowest BCUT2D eigenvalue weighted by Gasteiger charge is -2.11. The number of anilines is 1. The summed E-state index contributed by atoms with van der Waals surface area (Å²) in [6, 6.07) is 3.84. The van der Waals surface area contributed by atoms with Gasteiger partial charge >= 0.3 is 6.36 Å². The van der Waals surface area contributed by atoms with Crippen LogP contribution in [-0.2, 0) is 9.84 Å². The monoisotopic (exact) mass is 452 g/mol. The summed E-state index contributed by atoms with van der Waals surface area (Å²) in [5.74, 6) is -1.35. The lowest BCUT2D eigenvalue weighted by atomic mass is 10.2. The summed E-state index contributed by atoms with van der Waals surface area (Å²) in [4.78, 5) is 11.2. The summed E-state index contributed by atoms with van der Waals surface area (Å²) in [6.45, 7) is 0. The van der Waals surface area contributed by atoms with E-state index in [1.807, 2.05) is 0 Å². The van der Waals surface area contributed by atoms with Crippen LogP contribution in [0, 0.1) is 0 Å². The molecule has 2 heterocycles. The number of fused-ring (bicyclic) bond motifs is 1. The van der Waals surface area contributed by atoms with Crippen molar-refractivity contribution in [3.8, 4) is 17.1 Å². The molecule has 0 radical (unpaired) electrons. The molecule has 2 aromatic heterocycles. The van der Waals surface area contributed by atoms with Gasteiger partial charge in [-0.2, -0.15) is 19.5 Å². The molecule has 138 valence electrons. The van der Waals surface area contributed by atoms with Gasteiger partial charge in [-0.1, -0.05) is 15.9 Å². The van der Waals surface area contributed by atoms with E-state index in [9.17, 15) is 21.6 Å². The molecule has 0 aliphatic rings. The normalized spacial score (nSPS) is 12.5. The maximum Gasteiger partial charge on any atom is 0.573 e. The topological polar surface area (TPSA) is 125 Å². The predicted octanol–water partition coefficient (Wildman–Crippen LogP) is 1.83. The van der Waals surface area contributed by atoms with E-state index >= 15 is 0 Å². The number of ether oxygens (including phenoxy) is 1. The van der Waals surface area contributed by atoms with Crippen LogP contribution in [0.3, 0.4) is 0 Å². The third-order valence-corrected chi connectivity index (χ3v) is 4.29. The summed E-state index contributed by atoms with van der Waals surface area (Å²) >= 11 is 3.05. The first-order valence-corrected chi connectivity index (χ1v) is 9.28. The third-order valence-electron chi connectivity index (χ3n) is 2.95. The van der Waals surface area contributed by atoms with Gasteiger partial charge in [0.2, 0.25) is 15.8 Å². The minimum Gasteiger partial charge on any atom is -0.405 e. The molecule has 3 rings (SSSR count). The van der Waals surface area contributed by atoms with E-state index in [1.54, 1.807) is 0 Å². The van der Waals surface area contributed by atoms with Crippen LogP contribution in [-0.4, -0.2) is 45.6 Å². The Balaban J connectivity index is 2.19. The number of nitrogens with two attached hydrogens (primary N) is 1. The highest BCUT2D eigenvalue weighted by molar-refractivity contribution is 9.10. The number of halogens is 4. The molecule has 0 bridgehead atoms. The van der Waals surface area contributed by atoms with Crippen LogP contribution in [0.2, 0.25) is 0 Å². The number of sulfone groups is 1. The molecule has 1 aromatic carbocycles. The Morgan fingerprint density at radius 2 is 1.92 bits per heavy atom. The van der Waals surface area contributed by atoms with Gasteiger partial charge in [0, 0.05) is 10.7 Å². The second kappa shape index (κ2) is 6.05. The molecule has 0 aliphatic carbocycles. The van der Waals surface area contributed by atoms with Gasteiger partial charge in [-0.05, 0) is 18.2 Å². The molecule has 0 amide bonds. The number of hydrogen-bond donors (Lipinski definition) is 1. The van der Waals surface area contributed by atoms with Crippen LogP contribution >= 0.6 is 15.9 Å². The highest BCUT2D eigenvalue weighted by Crippen LogP contribution is 2.34. The van der Waals surface area contributed by atoms with Crippen LogP contribution < -0.4 is 10.5 Å². The van der Waals surface area contributed by atoms with Gasteiger partial charge in [-0.3, -0.25) is 0 Å². The van der Waals surface area contributed by atoms with E-state index in [1.165, 1.54) is 12.1 Å². The standard InChI is InChI=1S/C12H8BrF3N6O3S/c1-26(23,24)11-19-9(17)22-10(20-11)18-8(21-22)6-3-2-5(13)4-7(6)25-12(14,15)16/h2-4H,1H3,(H2,17,18,19,20,21). The summed E-state index contributed by atoms with van der Waals surface area (Å²) in [5, 5.41) is 3.34. The second-order valence-electron chi connectivity index (χ2n) is 4.97. The van der Waals surface area contributed by atoms with Gasteiger partial charge in [0.1, 0.15) is 5.75 Å². The van der Waals surface area contributed by atoms with E-state index in [0.717, 1.165) is 16.8 Å². The summed E-state index contributed by atoms with van der Waals surface area (Å²) in [5.41, 5.74) is 5.53. The van der Waals surface area contributed by atoms with Crippen LogP contribution in [0.25, 0.3) is 17.2 Å². The zero-order valence-electron chi connectivity index (χ0n) is 12.7. The van der Waals surface area contributed by atoms with E-state index in [2.05, 4.69) is 40.7 Å². The SMILES string of the molecule is CS(=O)(=O)c1nc(N)n2nc(-c3ccc(Br)cc3OC(F)(F)F)nc2n1. The molecular weight excluding hydrogens is 445 g/mol. The van der Waals surface area contributed by atoms with Crippen LogP contribution in [0.1, 0.15) is 0 Å². The third kappa shape index (κ3) is 3.70. The average molecular weight is 453 g/mol. The number of nitrogen functional groups attached to an aromatic ring is 1. The molecule has 3 aromatic rings. The molecule has 0 spiro atoms. The number of hydrogen-bond acceptors (Lipinski definition) is 8. The highest BCUT2D eigenvalue weighted by Gasteiger charge is 2.33. The van der Waals surface area contributed by atoms with Crippen molar-refractivity contribution in [3.63, 3.8) is 0 Å². The molecule has 0 saturated heterocycles. The molecule has 0 unspecified atom stereocenters. The van der Waals surface area contributed by atoms with E-state index in [-0.39, 0.29) is 23.1 Å². The van der Waals surface area contributed by atoms with Gasteiger partial charge in [-0.15, -0.1) is 18.3 Å². The Labute approximate surface area is 152 Å². The predicted molar refractivity (Wildman–Crippen MR) is 85.9 cm³/mol. The first-order valence-electron chi connectivity index (χ1n) is 6.60. The zero-order valence-corrected chi connectivity index (χ0v) is 15.1. The van der Waals surface area contributed by atoms with Crippen molar-refractivity contribution in [2.75, 3.05) is 12.0 Å². The van der Waals surface area contributed by atoms with E-state index < -0.39 is 27.1 Å². The molecule has 0 aliphatic heterocycles. The Hall–Kier alpha value is -2.48. The quantitative estimate of drug-likeness (QED) is 0.637. The van der Waals surface area contributed by atoms with E-state index in [4.69, 9.17) is 5.73 Å². The molecule has 0 atom stereocenters. The Kier molecular flexibility index (Phi) is 4.26. The molecular formula is C12H8BrF3N6O3S. The van der Waals surface area contributed by atoms with Crippen molar-refractivity contribution < 1.29 is 26.3 Å². The lowest BCUT2D eigenvalue weighted by Crippen LogP contribution is -2.17. The Bertz CT molecular complexity index is 1120. The number of benzene rings is 1. The maximum absolute atomic E-state index is 12.6. The first-order chi connectivity index (χ1) is 11.9. The van der Waals surface area contributed by atoms with Gasteiger partial charge < -0.3 is 10.5 Å². The second-order valence-corrected chi connectivity index (χ2v) is 7.80. The first kappa shape index (κ1) is 18.3. The fourth-order valence-electron chi connectivity index (χ4n) is 1.96. The van der Waals surface area contributed by atoms with E-state index in [0.29, 0.717) is 4.47 Å². The van der Waals surface area contributed by atoms with Crippen molar-refractivity contribution in [2.45, 2.75) is 11.5 Å². The van der Waals surface area contributed by atoms with Crippen molar-refractivity contribution >= 4 is 37.5 Å².